The predicted molar refractivity (Wildman–Crippen MR) is 101 cm³/mol. The van der Waals surface area contributed by atoms with Gasteiger partial charge in [-0.25, -0.2) is 8.42 Å². The van der Waals surface area contributed by atoms with E-state index in [4.69, 9.17) is 11.6 Å². The highest BCUT2D eigenvalue weighted by atomic mass is 35.5. The van der Waals surface area contributed by atoms with Crippen molar-refractivity contribution in [3.8, 4) is 0 Å². The van der Waals surface area contributed by atoms with Gasteiger partial charge in [-0.05, 0) is 49.2 Å². The van der Waals surface area contributed by atoms with Crippen LogP contribution in [0.4, 0.5) is 24.5 Å². The van der Waals surface area contributed by atoms with E-state index in [-0.39, 0.29) is 16.3 Å². The third-order valence-corrected chi connectivity index (χ3v) is 6.39. The molecule has 5 nitrogen and oxygen atoms in total. The quantitative estimate of drug-likeness (QED) is 0.774. The molecule has 1 fully saturated rings. The molecular formula is C18H16ClF3N2O3S. The van der Waals surface area contributed by atoms with Crippen molar-refractivity contribution in [2.24, 2.45) is 0 Å². The summed E-state index contributed by atoms with van der Waals surface area (Å²) in [7, 11) is -3.47. The molecule has 0 saturated carbocycles. The Morgan fingerprint density at radius 3 is 2.54 bits per heavy atom. The number of benzene rings is 2. The van der Waals surface area contributed by atoms with Crippen LogP contribution in [0.25, 0.3) is 0 Å². The van der Waals surface area contributed by atoms with Crippen LogP contribution < -0.4 is 9.62 Å². The first kappa shape index (κ1) is 20.5. The third kappa shape index (κ3) is 4.41. The van der Waals surface area contributed by atoms with Crippen molar-refractivity contribution in [2.75, 3.05) is 21.9 Å². The fourth-order valence-corrected chi connectivity index (χ4v) is 4.74. The second kappa shape index (κ2) is 7.63. The Kier molecular flexibility index (Phi) is 5.58. The summed E-state index contributed by atoms with van der Waals surface area (Å²) < 4.78 is 65.2. The van der Waals surface area contributed by atoms with Gasteiger partial charge >= 0.3 is 6.18 Å². The minimum absolute atomic E-state index is 0.0170. The number of sulfonamides is 1. The van der Waals surface area contributed by atoms with Crippen molar-refractivity contribution < 1.29 is 26.4 Å². The number of nitrogens with zero attached hydrogens (tertiary/aromatic N) is 1. The van der Waals surface area contributed by atoms with Gasteiger partial charge in [0.25, 0.3) is 5.91 Å². The van der Waals surface area contributed by atoms with Crippen LogP contribution in [0.5, 0.6) is 0 Å². The minimum Gasteiger partial charge on any atom is -0.321 e. The van der Waals surface area contributed by atoms with Gasteiger partial charge in [0.15, 0.2) is 0 Å². The zero-order chi connectivity index (χ0) is 20.5. The number of hydrogen-bond acceptors (Lipinski definition) is 3. The van der Waals surface area contributed by atoms with Gasteiger partial charge in [0.2, 0.25) is 10.0 Å². The summed E-state index contributed by atoms with van der Waals surface area (Å²) in [5.41, 5.74) is -1.15. The molecule has 1 heterocycles. The molecule has 0 aromatic heterocycles. The van der Waals surface area contributed by atoms with Gasteiger partial charge in [-0.15, -0.1) is 0 Å². The molecule has 1 amide bonds. The van der Waals surface area contributed by atoms with Gasteiger partial charge in [0.05, 0.1) is 22.7 Å². The average Bonchev–Trinajstić information content (AvgIpc) is 2.62. The van der Waals surface area contributed by atoms with Crippen LogP contribution >= 0.6 is 11.6 Å². The van der Waals surface area contributed by atoms with Crippen molar-refractivity contribution in [2.45, 2.75) is 19.0 Å². The van der Waals surface area contributed by atoms with Crippen molar-refractivity contribution in [3.63, 3.8) is 0 Å². The van der Waals surface area contributed by atoms with Gasteiger partial charge in [-0.2, -0.15) is 13.2 Å². The van der Waals surface area contributed by atoms with Gasteiger partial charge in [0, 0.05) is 17.1 Å². The van der Waals surface area contributed by atoms with Gasteiger partial charge in [-0.3, -0.25) is 9.10 Å². The number of nitrogens with one attached hydrogen (secondary N) is 1. The van der Waals surface area contributed by atoms with Crippen LogP contribution in [0, 0.1) is 0 Å². The summed E-state index contributed by atoms with van der Waals surface area (Å²) >= 11 is 5.63. The number of carbonyl (C=O) groups excluding carboxylic acids is 1. The van der Waals surface area contributed by atoms with E-state index in [0.717, 1.165) is 12.1 Å². The molecule has 150 valence electrons. The van der Waals surface area contributed by atoms with Crippen molar-refractivity contribution in [3.05, 3.63) is 58.6 Å². The molecule has 0 bridgehead atoms. The van der Waals surface area contributed by atoms with E-state index >= 15 is 0 Å². The summed E-state index contributed by atoms with van der Waals surface area (Å²) in [5, 5.41) is 2.12. The Morgan fingerprint density at radius 1 is 1.11 bits per heavy atom. The Morgan fingerprint density at radius 2 is 1.86 bits per heavy atom. The number of hydrogen-bond donors (Lipinski definition) is 1. The van der Waals surface area contributed by atoms with E-state index in [9.17, 15) is 26.4 Å². The number of amides is 1. The van der Waals surface area contributed by atoms with Gasteiger partial charge in [0.1, 0.15) is 0 Å². The Labute approximate surface area is 165 Å². The summed E-state index contributed by atoms with van der Waals surface area (Å²) in [6, 6.07) is 8.82. The number of halogens is 4. The Balaban J connectivity index is 1.89. The average molecular weight is 433 g/mol. The van der Waals surface area contributed by atoms with Crippen LogP contribution in [-0.4, -0.2) is 26.6 Å². The summed E-state index contributed by atoms with van der Waals surface area (Å²) in [6.07, 6.45) is -3.44. The molecule has 1 N–H and O–H groups in total. The smallest absolute Gasteiger partial charge is 0.321 e. The number of rotatable bonds is 3. The third-order valence-electron chi connectivity index (χ3n) is 4.28. The zero-order valence-electron chi connectivity index (χ0n) is 14.5. The monoisotopic (exact) mass is 432 g/mol. The van der Waals surface area contributed by atoms with Crippen LogP contribution in [0.1, 0.15) is 28.8 Å². The summed E-state index contributed by atoms with van der Waals surface area (Å²) in [6.45, 7) is 0.294. The molecular weight excluding hydrogens is 417 g/mol. The first-order valence-corrected chi connectivity index (χ1v) is 10.4. The lowest BCUT2D eigenvalue weighted by atomic mass is 10.1. The molecule has 2 aromatic rings. The number of carbonyl (C=O) groups is 1. The lowest BCUT2D eigenvalue weighted by Crippen LogP contribution is -2.37. The first-order valence-electron chi connectivity index (χ1n) is 8.36. The van der Waals surface area contributed by atoms with Gasteiger partial charge < -0.3 is 5.32 Å². The second-order valence-electron chi connectivity index (χ2n) is 6.29. The van der Waals surface area contributed by atoms with E-state index in [1.807, 2.05) is 0 Å². The molecule has 0 atom stereocenters. The van der Waals surface area contributed by atoms with Crippen LogP contribution in [0.3, 0.4) is 0 Å². The summed E-state index contributed by atoms with van der Waals surface area (Å²) in [5.74, 6) is -0.771. The van der Waals surface area contributed by atoms with Crippen LogP contribution in [0.15, 0.2) is 42.5 Å². The first-order chi connectivity index (χ1) is 13.1. The standard InChI is InChI=1S/C18H16ClF3N2O3S/c19-13-6-7-16(15(11-13)18(20,21)22)23-17(25)12-4-3-5-14(10-12)24-8-1-2-9-28(24,26)27/h3-7,10-11H,1-2,8-9H2,(H,23,25). The molecule has 1 aliphatic heterocycles. The van der Waals surface area contributed by atoms with E-state index in [0.29, 0.717) is 25.1 Å². The summed E-state index contributed by atoms with van der Waals surface area (Å²) in [4.78, 5) is 12.5. The topological polar surface area (TPSA) is 66.5 Å². The van der Waals surface area contributed by atoms with Crippen molar-refractivity contribution in [1.82, 2.24) is 0 Å². The fraction of sp³-hybridized carbons (Fsp3) is 0.278. The SMILES string of the molecule is O=C(Nc1ccc(Cl)cc1C(F)(F)F)c1cccc(N2CCCCS2(=O)=O)c1. The molecule has 2 aromatic carbocycles. The Bertz CT molecular complexity index is 1010. The van der Waals surface area contributed by atoms with Crippen LogP contribution in [0.2, 0.25) is 5.02 Å². The van der Waals surface area contributed by atoms with E-state index in [1.54, 1.807) is 6.07 Å². The van der Waals surface area contributed by atoms with Crippen LogP contribution in [-0.2, 0) is 16.2 Å². The molecule has 0 aliphatic carbocycles. The van der Waals surface area contributed by atoms with E-state index in [1.165, 1.54) is 28.6 Å². The highest BCUT2D eigenvalue weighted by Crippen LogP contribution is 2.36. The highest BCUT2D eigenvalue weighted by Gasteiger charge is 2.34. The van der Waals surface area contributed by atoms with E-state index in [2.05, 4.69) is 5.32 Å². The highest BCUT2D eigenvalue weighted by molar-refractivity contribution is 7.92. The zero-order valence-corrected chi connectivity index (χ0v) is 16.0. The molecule has 28 heavy (non-hydrogen) atoms. The molecule has 1 aliphatic rings. The number of anilines is 2. The molecule has 10 heteroatoms. The molecule has 0 spiro atoms. The normalized spacial score (nSPS) is 16.6. The largest absolute Gasteiger partial charge is 0.418 e. The van der Waals surface area contributed by atoms with Gasteiger partial charge in [-0.1, -0.05) is 17.7 Å². The lowest BCUT2D eigenvalue weighted by molar-refractivity contribution is -0.136. The molecule has 3 rings (SSSR count). The Hall–Kier alpha value is -2.26. The fourth-order valence-electron chi connectivity index (χ4n) is 2.94. The minimum atomic E-state index is -4.70. The number of alkyl halides is 3. The van der Waals surface area contributed by atoms with Crippen molar-refractivity contribution >= 4 is 38.9 Å². The second-order valence-corrected chi connectivity index (χ2v) is 8.74. The maximum Gasteiger partial charge on any atom is 0.418 e. The maximum atomic E-state index is 13.2. The van der Waals surface area contributed by atoms with E-state index < -0.39 is 33.4 Å². The predicted octanol–water partition coefficient (Wildman–Crippen LogP) is 4.54. The lowest BCUT2D eigenvalue weighted by Gasteiger charge is -2.28. The molecule has 1 saturated heterocycles. The maximum absolute atomic E-state index is 13.2. The molecule has 0 radical (unpaired) electrons. The molecule has 0 unspecified atom stereocenters. The van der Waals surface area contributed by atoms with Crippen molar-refractivity contribution in [1.29, 1.82) is 0 Å².